The van der Waals surface area contributed by atoms with E-state index in [1.54, 1.807) is 0 Å². The van der Waals surface area contributed by atoms with Crippen LogP contribution >= 0.6 is 0 Å². The number of alkyl halides is 1. The van der Waals surface area contributed by atoms with Gasteiger partial charge in [0, 0.05) is 0 Å². The quantitative estimate of drug-likeness (QED) is 0.308. The summed E-state index contributed by atoms with van der Waals surface area (Å²) in [5, 5.41) is 26.9. The number of aliphatic hydroxyl groups is 3. The number of aliphatic hydroxyl groups excluding tert-OH is 3. The van der Waals surface area contributed by atoms with Gasteiger partial charge in [-0.05, 0) is 0 Å². The summed E-state index contributed by atoms with van der Waals surface area (Å²) in [4.78, 5) is 0. The second-order valence-corrected chi connectivity index (χ2v) is 4.61. The molecule has 1 aliphatic heterocycles. The molecule has 0 spiro atoms. The van der Waals surface area contributed by atoms with Gasteiger partial charge in [0.1, 0.15) is 0 Å². The zero-order chi connectivity index (χ0) is 9.14. The van der Waals surface area contributed by atoms with Gasteiger partial charge in [-0.3, -0.25) is 0 Å². The molecular weight excluding hydrogens is 279 g/mol. The molecular formula is C6H12IO5-. The van der Waals surface area contributed by atoms with Crippen LogP contribution in [0.5, 0.6) is 0 Å². The van der Waals surface area contributed by atoms with Crippen molar-refractivity contribution in [1.29, 1.82) is 0 Å². The Balaban J connectivity index is 2.58. The fraction of sp³-hybridized carbons (Fsp3) is 1.00. The summed E-state index contributed by atoms with van der Waals surface area (Å²) in [6.45, 7) is -0.504. The van der Waals surface area contributed by atoms with Crippen LogP contribution in [0.1, 0.15) is 0 Å². The van der Waals surface area contributed by atoms with Crippen LogP contribution in [-0.4, -0.2) is 54.2 Å². The van der Waals surface area contributed by atoms with E-state index in [9.17, 15) is 5.11 Å². The third kappa shape index (κ3) is 1.88. The van der Waals surface area contributed by atoms with Crippen molar-refractivity contribution in [3.63, 3.8) is 0 Å². The number of hydrogen-bond donors (Lipinski definition) is 4. The van der Waals surface area contributed by atoms with Crippen LogP contribution in [0.3, 0.4) is 0 Å². The molecule has 1 heterocycles. The van der Waals surface area contributed by atoms with Crippen LogP contribution < -0.4 is 21.6 Å². The van der Waals surface area contributed by atoms with Crippen LogP contribution in [-0.2, 0) is 4.74 Å². The van der Waals surface area contributed by atoms with Gasteiger partial charge in [0.05, 0.1) is 0 Å². The minimum absolute atomic E-state index is 0.224. The third-order valence-corrected chi connectivity index (χ3v) is 4.07. The number of ether oxygens (including phenoxy) is 1. The molecule has 0 saturated carbocycles. The summed E-state index contributed by atoms with van der Waals surface area (Å²) in [7, 11) is 0. The van der Waals surface area contributed by atoms with Gasteiger partial charge in [-0.2, -0.15) is 0 Å². The van der Waals surface area contributed by atoms with E-state index >= 15 is 0 Å². The first-order valence-electron chi connectivity index (χ1n) is 3.57. The molecule has 6 heteroatoms. The summed E-state index contributed by atoms with van der Waals surface area (Å²) < 4.78 is 13.6. The van der Waals surface area contributed by atoms with Crippen LogP contribution in [0.4, 0.5) is 0 Å². The molecule has 0 aromatic rings. The molecule has 74 valence electrons. The molecule has 4 atom stereocenters. The van der Waals surface area contributed by atoms with E-state index < -0.39 is 39.9 Å². The van der Waals surface area contributed by atoms with E-state index in [0.29, 0.717) is 0 Å². The molecule has 1 fully saturated rings. The Labute approximate surface area is 80.8 Å². The Bertz CT molecular complexity index is 142. The Kier molecular flexibility index (Phi) is 4.14. The Hall–Kier alpha value is 0.530. The van der Waals surface area contributed by atoms with E-state index in [2.05, 4.69) is 0 Å². The Morgan fingerprint density at radius 1 is 1.17 bits per heavy atom. The van der Waals surface area contributed by atoms with E-state index in [1.165, 1.54) is 0 Å². The zero-order valence-electron chi connectivity index (χ0n) is 6.30. The molecule has 1 aliphatic rings. The average molecular weight is 291 g/mol. The van der Waals surface area contributed by atoms with Crippen molar-refractivity contribution in [2.45, 2.75) is 22.2 Å². The first-order valence-corrected chi connectivity index (χ1v) is 5.78. The molecule has 4 unspecified atom stereocenters. The molecule has 1 saturated heterocycles. The van der Waals surface area contributed by atoms with Crippen molar-refractivity contribution >= 4 is 0 Å². The predicted octanol–water partition coefficient (Wildman–Crippen LogP) is -5.54. The fourth-order valence-electron chi connectivity index (χ4n) is 1.22. The summed E-state index contributed by atoms with van der Waals surface area (Å²) in [6, 6.07) is 0. The maximum absolute atomic E-state index is 9.42. The molecule has 5 nitrogen and oxygen atoms in total. The second kappa shape index (κ2) is 4.68. The van der Waals surface area contributed by atoms with Gasteiger partial charge in [-0.15, -0.1) is 0 Å². The molecule has 0 aromatic heterocycles. The summed E-state index contributed by atoms with van der Waals surface area (Å²) >= 11 is -1.16. The number of hydrogen-bond acceptors (Lipinski definition) is 5. The van der Waals surface area contributed by atoms with Crippen molar-refractivity contribution in [2.75, 3.05) is 13.2 Å². The van der Waals surface area contributed by atoms with E-state index in [-0.39, 0.29) is 17.1 Å². The van der Waals surface area contributed by atoms with E-state index in [4.69, 9.17) is 18.4 Å². The number of halogens is 1. The SMILES string of the molecule is OCC1OC(CO)C([I-]O)C1O. The molecule has 1 rings (SSSR count). The van der Waals surface area contributed by atoms with Gasteiger partial charge in [-0.25, -0.2) is 0 Å². The topological polar surface area (TPSA) is 90.2 Å². The van der Waals surface area contributed by atoms with Crippen molar-refractivity contribution in [3.8, 4) is 0 Å². The van der Waals surface area contributed by atoms with E-state index in [0.717, 1.165) is 0 Å². The molecule has 0 amide bonds. The third-order valence-electron chi connectivity index (χ3n) is 1.88. The van der Waals surface area contributed by atoms with Gasteiger partial charge in [-0.1, -0.05) is 0 Å². The van der Waals surface area contributed by atoms with Crippen molar-refractivity contribution in [2.24, 2.45) is 0 Å². The standard InChI is InChI=1S/C6H12IO5/c8-1-3-5(7-11)6(10)4(2-9)12-3/h3-6,8-11H,1-2H2/q-1. The fourth-order valence-corrected chi connectivity index (χ4v) is 2.77. The van der Waals surface area contributed by atoms with Gasteiger partial charge in [0.15, 0.2) is 0 Å². The van der Waals surface area contributed by atoms with Crippen LogP contribution in [0.2, 0.25) is 0 Å². The molecule has 4 N–H and O–H groups in total. The van der Waals surface area contributed by atoms with Gasteiger partial charge in [0.2, 0.25) is 0 Å². The van der Waals surface area contributed by atoms with Crippen molar-refractivity contribution in [1.82, 2.24) is 0 Å². The zero-order valence-corrected chi connectivity index (χ0v) is 8.46. The second-order valence-electron chi connectivity index (χ2n) is 2.61. The molecule has 12 heavy (non-hydrogen) atoms. The first-order chi connectivity index (χ1) is 5.74. The monoisotopic (exact) mass is 291 g/mol. The van der Waals surface area contributed by atoms with Crippen LogP contribution in [0.15, 0.2) is 0 Å². The molecule has 0 aromatic carbocycles. The van der Waals surface area contributed by atoms with Crippen molar-refractivity contribution in [3.05, 3.63) is 0 Å². The van der Waals surface area contributed by atoms with E-state index in [1.807, 2.05) is 0 Å². The molecule has 0 aliphatic carbocycles. The minimum atomic E-state index is -1.16. The molecule has 0 bridgehead atoms. The van der Waals surface area contributed by atoms with Crippen LogP contribution in [0.25, 0.3) is 0 Å². The first kappa shape index (κ1) is 10.6. The number of rotatable bonds is 3. The Morgan fingerprint density at radius 2 is 1.75 bits per heavy atom. The van der Waals surface area contributed by atoms with Crippen LogP contribution in [0, 0.1) is 0 Å². The Morgan fingerprint density at radius 3 is 2.08 bits per heavy atom. The molecule has 0 radical (unpaired) electrons. The van der Waals surface area contributed by atoms with Gasteiger partial charge < -0.3 is 0 Å². The predicted molar refractivity (Wildman–Crippen MR) is 34.8 cm³/mol. The summed E-state index contributed by atoms with van der Waals surface area (Å²) in [6.07, 6.45) is -2.01. The summed E-state index contributed by atoms with van der Waals surface area (Å²) in [5.74, 6) is 0. The van der Waals surface area contributed by atoms with Gasteiger partial charge in [0.25, 0.3) is 0 Å². The van der Waals surface area contributed by atoms with Gasteiger partial charge >= 0.3 is 80.6 Å². The summed E-state index contributed by atoms with van der Waals surface area (Å²) in [5.41, 5.74) is 0. The normalized spacial score (nSPS) is 42.3. The van der Waals surface area contributed by atoms with Crippen molar-refractivity contribution < 1.29 is 45.1 Å². The maximum atomic E-state index is 9.42. The average Bonchev–Trinajstić information content (AvgIpc) is 2.41.